The van der Waals surface area contributed by atoms with Crippen molar-refractivity contribution in [2.75, 3.05) is 19.6 Å². The molecule has 0 saturated carbocycles. The predicted molar refractivity (Wildman–Crippen MR) is 90.0 cm³/mol. The molecule has 0 atom stereocenters. The van der Waals surface area contributed by atoms with Crippen LogP contribution >= 0.6 is 0 Å². The summed E-state index contributed by atoms with van der Waals surface area (Å²) in [6.45, 7) is 8.43. The zero-order valence-electron chi connectivity index (χ0n) is 14.5. The number of hydrogen-bond donors (Lipinski definition) is 0. The molecule has 1 aromatic carbocycles. The molecule has 0 aromatic heterocycles. The van der Waals surface area contributed by atoms with Gasteiger partial charge in [0.15, 0.2) is 0 Å². The molecule has 0 aliphatic carbocycles. The van der Waals surface area contributed by atoms with Crippen molar-refractivity contribution in [3.8, 4) is 0 Å². The van der Waals surface area contributed by atoms with Gasteiger partial charge in [0.25, 0.3) is 0 Å². The topological polar surface area (TPSA) is 3.24 Å². The number of rotatable bonds is 12. The summed E-state index contributed by atoms with van der Waals surface area (Å²) in [5.74, 6) is 0. The summed E-state index contributed by atoms with van der Waals surface area (Å²) in [7, 11) is 0. The van der Waals surface area contributed by atoms with Crippen LogP contribution in [0.5, 0.6) is 0 Å². The van der Waals surface area contributed by atoms with Crippen LogP contribution in [0.3, 0.4) is 0 Å². The fourth-order valence-electron chi connectivity index (χ4n) is 2.44. The van der Waals surface area contributed by atoms with E-state index in [2.05, 4.69) is 55.5 Å². The molecule has 2 heteroatoms. The quantitative estimate of drug-likeness (QED) is 0.323. The van der Waals surface area contributed by atoms with E-state index in [1.54, 1.807) is 0 Å². The largest absolute Gasteiger partial charge is 1.00 e. The number of unbranched alkanes of at least 4 members (excludes halogenated alkanes) is 4. The van der Waals surface area contributed by atoms with Crippen LogP contribution < -0.4 is 18.9 Å². The average Bonchev–Trinajstić information content (AvgIpc) is 2.50. The first-order chi connectivity index (χ1) is 9.86. The van der Waals surface area contributed by atoms with Gasteiger partial charge < -0.3 is 4.90 Å². The van der Waals surface area contributed by atoms with Crippen LogP contribution in [0.25, 0.3) is 0 Å². The van der Waals surface area contributed by atoms with Gasteiger partial charge in [-0.3, -0.25) is 0 Å². The van der Waals surface area contributed by atoms with Crippen LogP contribution in [0.15, 0.2) is 30.3 Å². The van der Waals surface area contributed by atoms with Crippen LogP contribution in [0, 0.1) is 6.42 Å². The molecule has 1 aromatic rings. The molecule has 21 heavy (non-hydrogen) atoms. The average molecular weight is 281 g/mol. The second-order valence-corrected chi connectivity index (χ2v) is 5.66. The van der Waals surface area contributed by atoms with Gasteiger partial charge in [-0.25, -0.2) is 0 Å². The van der Waals surface area contributed by atoms with E-state index in [0.717, 1.165) is 0 Å². The summed E-state index contributed by atoms with van der Waals surface area (Å²) in [5.41, 5.74) is 1.36. The maximum absolute atomic E-state index is 2.66. The van der Waals surface area contributed by atoms with Gasteiger partial charge in [0.2, 0.25) is 0 Å². The Labute approximate surface area is 144 Å². The molecule has 0 amide bonds. The van der Waals surface area contributed by atoms with Gasteiger partial charge in [0.05, 0.1) is 0 Å². The van der Waals surface area contributed by atoms with Gasteiger partial charge in [0.1, 0.15) is 0 Å². The van der Waals surface area contributed by atoms with Crippen molar-refractivity contribution in [3.05, 3.63) is 42.3 Å². The van der Waals surface area contributed by atoms with E-state index in [1.165, 1.54) is 70.1 Å². The van der Waals surface area contributed by atoms with Crippen LogP contribution in [-0.2, 0) is 0 Å². The first-order valence-electron chi connectivity index (χ1n) is 8.47. The molecule has 1 rings (SSSR count). The maximum atomic E-state index is 2.66. The fraction of sp³-hybridized carbons (Fsp3) is 0.632. The summed E-state index contributed by atoms with van der Waals surface area (Å²) < 4.78 is 0. The smallest absolute Gasteiger partial charge is 0.303 e. The van der Waals surface area contributed by atoms with E-state index in [0.29, 0.717) is 0 Å². The Balaban J connectivity index is 0.00000400. The Hall–Kier alpha value is -0.353. The van der Waals surface area contributed by atoms with Crippen molar-refractivity contribution < 1.29 is 18.9 Å². The van der Waals surface area contributed by atoms with Crippen molar-refractivity contribution in [2.45, 2.75) is 58.8 Å². The summed E-state index contributed by atoms with van der Waals surface area (Å²) in [4.78, 5) is 2.66. The SMILES string of the molecule is CCCCN(CCCC)CCCC[CH-]c1ccccc1.[Li+]. The van der Waals surface area contributed by atoms with Crippen LogP contribution in [0.4, 0.5) is 0 Å². The van der Waals surface area contributed by atoms with Crippen molar-refractivity contribution in [1.29, 1.82) is 0 Å². The van der Waals surface area contributed by atoms with Gasteiger partial charge in [-0.15, -0.1) is 12.1 Å². The van der Waals surface area contributed by atoms with Gasteiger partial charge in [-0.05, 0) is 38.9 Å². The first-order valence-corrected chi connectivity index (χ1v) is 8.47. The van der Waals surface area contributed by atoms with Gasteiger partial charge in [-0.1, -0.05) is 45.6 Å². The maximum Gasteiger partial charge on any atom is 1.00 e. The zero-order valence-corrected chi connectivity index (χ0v) is 14.5. The molecule has 0 heterocycles. The van der Waals surface area contributed by atoms with Gasteiger partial charge in [0, 0.05) is 0 Å². The molecule has 0 bridgehead atoms. The van der Waals surface area contributed by atoms with Crippen molar-refractivity contribution in [3.63, 3.8) is 0 Å². The first kappa shape index (κ1) is 20.6. The molecule has 0 aliphatic heterocycles. The van der Waals surface area contributed by atoms with Crippen molar-refractivity contribution in [1.82, 2.24) is 4.90 Å². The Bertz CT molecular complexity index is 305. The normalized spacial score (nSPS) is 10.4. The third-order valence-electron chi connectivity index (χ3n) is 3.76. The van der Waals surface area contributed by atoms with E-state index >= 15 is 0 Å². The van der Waals surface area contributed by atoms with Crippen molar-refractivity contribution in [2.24, 2.45) is 0 Å². The Morgan fingerprint density at radius 3 is 1.95 bits per heavy atom. The second kappa shape index (κ2) is 14.6. The van der Waals surface area contributed by atoms with E-state index in [-0.39, 0.29) is 18.9 Å². The molecule has 0 N–H and O–H groups in total. The summed E-state index contributed by atoms with van der Waals surface area (Å²) in [5, 5.41) is 0. The van der Waals surface area contributed by atoms with E-state index in [1.807, 2.05) is 0 Å². The van der Waals surface area contributed by atoms with Gasteiger partial charge >= 0.3 is 18.9 Å². The molecule has 1 nitrogen and oxygen atoms in total. The molecular formula is C19H32LiN. The Morgan fingerprint density at radius 1 is 0.810 bits per heavy atom. The van der Waals surface area contributed by atoms with Crippen LogP contribution in [0.2, 0.25) is 0 Å². The van der Waals surface area contributed by atoms with E-state index in [4.69, 9.17) is 0 Å². The minimum Gasteiger partial charge on any atom is -0.303 e. The molecular weight excluding hydrogens is 249 g/mol. The molecule has 0 spiro atoms. The number of benzene rings is 1. The van der Waals surface area contributed by atoms with Crippen LogP contribution in [-0.4, -0.2) is 24.5 Å². The molecule has 0 fully saturated rings. The molecule has 0 radical (unpaired) electrons. The van der Waals surface area contributed by atoms with E-state index in [9.17, 15) is 0 Å². The third-order valence-corrected chi connectivity index (χ3v) is 3.76. The minimum atomic E-state index is 0. The Morgan fingerprint density at radius 2 is 1.38 bits per heavy atom. The molecule has 0 aliphatic rings. The Kier molecular flexibility index (Phi) is 14.3. The molecule has 114 valence electrons. The summed E-state index contributed by atoms with van der Waals surface area (Å²) in [6, 6.07) is 10.7. The number of hydrogen-bond acceptors (Lipinski definition) is 1. The van der Waals surface area contributed by atoms with Crippen molar-refractivity contribution >= 4 is 0 Å². The fourth-order valence-corrected chi connectivity index (χ4v) is 2.44. The number of nitrogens with zero attached hydrogens (tertiary/aromatic N) is 1. The molecule has 0 saturated heterocycles. The minimum absolute atomic E-state index is 0. The predicted octanol–water partition coefficient (Wildman–Crippen LogP) is 2.32. The monoisotopic (exact) mass is 281 g/mol. The molecule has 0 unspecified atom stereocenters. The van der Waals surface area contributed by atoms with Crippen LogP contribution in [0.1, 0.15) is 64.4 Å². The standard InChI is InChI=1S/C19H32N.Li/c1-3-5-16-20(17-6-4-2)18-12-8-11-15-19-13-9-7-10-14-19;/h7,9-10,13-15H,3-6,8,11-12,16-18H2,1-2H3;/q-1;+1. The second-order valence-electron chi connectivity index (χ2n) is 5.66. The third kappa shape index (κ3) is 10.9. The van der Waals surface area contributed by atoms with E-state index < -0.39 is 0 Å². The van der Waals surface area contributed by atoms with Gasteiger partial charge in [-0.2, -0.15) is 24.1 Å². The zero-order chi connectivity index (χ0) is 14.5. The summed E-state index contributed by atoms with van der Waals surface area (Å²) in [6.07, 6.45) is 11.5. The summed E-state index contributed by atoms with van der Waals surface area (Å²) >= 11 is 0.